The quantitative estimate of drug-likeness (QED) is 0.564. The number of carbonyl (C=O) groups is 1. The molecule has 1 aromatic carbocycles. The molecule has 0 amide bonds. The molecule has 0 radical (unpaired) electrons. The van der Waals surface area contributed by atoms with Crippen LogP contribution in [0, 0.1) is 0 Å². The fourth-order valence-electron chi connectivity index (χ4n) is 1.91. The Morgan fingerprint density at radius 2 is 2.00 bits per heavy atom. The van der Waals surface area contributed by atoms with Gasteiger partial charge in [-0.2, -0.15) is 0 Å². The molecule has 1 rings (SSSR count). The standard InChI is InChI=1S/C18H24O2/c1-7-8-14-9-16(18(4,5)6)10-15(11-19)17(14)20-12-13(2)3/h7,9-11H,1-2,8,12H2,3-6H3. The monoisotopic (exact) mass is 272 g/mol. The molecule has 2 nitrogen and oxygen atoms in total. The maximum atomic E-state index is 11.4. The van der Waals surface area contributed by atoms with Crippen molar-refractivity contribution in [3.05, 3.63) is 53.6 Å². The first-order valence-electron chi connectivity index (χ1n) is 6.80. The van der Waals surface area contributed by atoms with Crippen LogP contribution in [0.25, 0.3) is 0 Å². The van der Waals surface area contributed by atoms with Gasteiger partial charge in [-0.25, -0.2) is 0 Å². The highest BCUT2D eigenvalue weighted by Crippen LogP contribution is 2.32. The summed E-state index contributed by atoms with van der Waals surface area (Å²) >= 11 is 0. The third-order valence-electron chi connectivity index (χ3n) is 3.01. The van der Waals surface area contributed by atoms with Gasteiger partial charge < -0.3 is 4.74 Å². The molecule has 0 spiro atoms. The molecular formula is C18H24O2. The number of rotatable bonds is 6. The number of hydrogen-bond acceptors (Lipinski definition) is 2. The highest BCUT2D eigenvalue weighted by molar-refractivity contribution is 5.81. The zero-order valence-corrected chi connectivity index (χ0v) is 13.0. The minimum absolute atomic E-state index is 0.0133. The summed E-state index contributed by atoms with van der Waals surface area (Å²) in [5.74, 6) is 0.649. The van der Waals surface area contributed by atoms with Gasteiger partial charge in [0.15, 0.2) is 6.29 Å². The lowest BCUT2D eigenvalue weighted by atomic mass is 9.84. The summed E-state index contributed by atoms with van der Waals surface area (Å²) in [5.41, 5.74) is 3.62. The summed E-state index contributed by atoms with van der Waals surface area (Å²) in [7, 11) is 0. The van der Waals surface area contributed by atoms with E-state index in [-0.39, 0.29) is 5.41 Å². The lowest BCUT2D eigenvalue weighted by Crippen LogP contribution is -2.13. The van der Waals surface area contributed by atoms with Crippen LogP contribution >= 0.6 is 0 Å². The Kier molecular flexibility index (Phi) is 5.32. The van der Waals surface area contributed by atoms with Crippen LogP contribution in [0.5, 0.6) is 5.75 Å². The summed E-state index contributed by atoms with van der Waals surface area (Å²) in [4.78, 5) is 11.4. The van der Waals surface area contributed by atoms with E-state index in [4.69, 9.17) is 4.74 Å². The van der Waals surface area contributed by atoms with Crippen LogP contribution in [0.3, 0.4) is 0 Å². The van der Waals surface area contributed by atoms with Crippen molar-refractivity contribution in [1.82, 2.24) is 0 Å². The van der Waals surface area contributed by atoms with E-state index in [1.807, 2.05) is 19.1 Å². The lowest BCUT2D eigenvalue weighted by molar-refractivity contribution is 0.111. The van der Waals surface area contributed by atoms with Gasteiger partial charge in [0.2, 0.25) is 0 Å². The highest BCUT2D eigenvalue weighted by Gasteiger charge is 2.19. The van der Waals surface area contributed by atoms with Crippen LogP contribution in [0.2, 0.25) is 0 Å². The van der Waals surface area contributed by atoms with Gasteiger partial charge in [0, 0.05) is 0 Å². The smallest absolute Gasteiger partial charge is 0.153 e. The molecule has 0 aliphatic heterocycles. The highest BCUT2D eigenvalue weighted by atomic mass is 16.5. The van der Waals surface area contributed by atoms with Gasteiger partial charge >= 0.3 is 0 Å². The van der Waals surface area contributed by atoms with Gasteiger partial charge in [-0.15, -0.1) is 6.58 Å². The lowest BCUT2D eigenvalue weighted by Gasteiger charge is -2.22. The molecule has 0 aliphatic rings. The Balaban J connectivity index is 3.35. The average molecular weight is 272 g/mol. The minimum atomic E-state index is -0.0133. The first kappa shape index (κ1) is 16.2. The van der Waals surface area contributed by atoms with E-state index < -0.39 is 0 Å². The third-order valence-corrected chi connectivity index (χ3v) is 3.01. The largest absolute Gasteiger partial charge is 0.488 e. The second kappa shape index (κ2) is 6.56. The van der Waals surface area contributed by atoms with Crippen molar-refractivity contribution in [1.29, 1.82) is 0 Å². The normalized spacial score (nSPS) is 11.0. The Labute approximate surface area is 122 Å². The number of aldehydes is 1. The summed E-state index contributed by atoms with van der Waals surface area (Å²) in [5, 5.41) is 0. The fourth-order valence-corrected chi connectivity index (χ4v) is 1.91. The predicted molar refractivity (Wildman–Crippen MR) is 84.7 cm³/mol. The molecule has 0 aliphatic carbocycles. The topological polar surface area (TPSA) is 26.3 Å². The molecule has 0 fully saturated rings. The molecule has 2 heteroatoms. The van der Waals surface area contributed by atoms with Crippen molar-refractivity contribution in [2.45, 2.75) is 39.5 Å². The Morgan fingerprint density at radius 1 is 1.35 bits per heavy atom. The molecule has 0 unspecified atom stereocenters. The summed E-state index contributed by atoms with van der Waals surface area (Å²) in [6.07, 6.45) is 3.36. The predicted octanol–water partition coefficient (Wildman–Crippen LogP) is 4.48. The molecule has 0 saturated carbocycles. The van der Waals surface area contributed by atoms with Crippen molar-refractivity contribution in [2.24, 2.45) is 0 Å². The second-order valence-corrected chi connectivity index (χ2v) is 6.16. The van der Waals surface area contributed by atoms with Crippen LogP contribution in [-0.2, 0) is 11.8 Å². The van der Waals surface area contributed by atoms with Gasteiger partial charge in [-0.1, -0.05) is 39.5 Å². The van der Waals surface area contributed by atoms with Crippen molar-refractivity contribution in [3.8, 4) is 5.75 Å². The van der Waals surface area contributed by atoms with E-state index in [2.05, 4.69) is 40.0 Å². The maximum Gasteiger partial charge on any atom is 0.153 e. The Morgan fingerprint density at radius 3 is 2.45 bits per heavy atom. The Bertz CT molecular complexity index is 519. The van der Waals surface area contributed by atoms with Gasteiger partial charge in [0.05, 0.1) is 5.56 Å². The van der Waals surface area contributed by atoms with Crippen molar-refractivity contribution >= 4 is 6.29 Å². The van der Waals surface area contributed by atoms with Crippen LogP contribution < -0.4 is 4.74 Å². The molecule has 0 N–H and O–H groups in total. The van der Waals surface area contributed by atoms with Crippen molar-refractivity contribution < 1.29 is 9.53 Å². The summed E-state index contributed by atoms with van der Waals surface area (Å²) in [6.45, 7) is 16.3. The number of benzene rings is 1. The molecule has 0 saturated heterocycles. The Hall–Kier alpha value is -1.83. The molecular weight excluding hydrogens is 248 g/mol. The van der Waals surface area contributed by atoms with Gasteiger partial charge in [-0.05, 0) is 41.5 Å². The van der Waals surface area contributed by atoms with Gasteiger partial charge in [-0.3, -0.25) is 4.79 Å². The van der Waals surface area contributed by atoms with E-state index in [1.54, 1.807) is 0 Å². The number of allylic oxidation sites excluding steroid dienone is 1. The minimum Gasteiger partial charge on any atom is -0.488 e. The first-order chi connectivity index (χ1) is 9.29. The molecule has 0 aromatic heterocycles. The van der Waals surface area contributed by atoms with Crippen LogP contribution in [0.1, 0.15) is 49.2 Å². The number of hydrogen-bond donors (Lipinski definition) is 0. The third kappa shape index (κ3) is 4.09. The van der Waals surface area contributed by atoms with Crippen LogP contribution in [0.4, 0.5) is 0 Å². The fraction of sp³-hybridized carbons (Fsp3) is 0.389. The van der Waals surface area contributed by atoms with E-state index in [9.17, 15) is 4.79 Å². The number of carbonyl (C=O) groups excluding carboxylic acids is 1. The van der Waals surface area contributed by atoms with Crippen LogP contribution in [-0.4, -0.2) is 12.9 Å². The zero-order chi connectivity index (χ0) is 15.3. The first-order valence-corrected chi connectivity index (χ1v) is 6.80. The zero-order valence-electron chi connectivity index (χ0n) is 13.0. The van der Waals surface area contributed by atoms with Crippen molar-refractivity contribution in [2.75, 3.05) is 6.61 Å². The number of ether oxygens (including phenoxy) is 1. The van der Waals surface area contributed by atoms with E-state index in [1.165, 1.54) is 0 Å². The molecule has 0 atom stereocenters. The molecule has 0 heterocycles. The molecule has 20 heavy (non-hydrogen) atoms. The van der Waals surface area contributed by atoms with Crippen LogP contribution in [0.15, 0.2) is 36.9 Å². The molecule has 1 aromatic rings. The van der Waals surface area contributed by atoms with Gasteiger partial charge in [0.1, 0.15) is 12.4 Å². The second-order valence-electron chi connectivity index (χ2n) is 6.16. The average Bonchev–Trinajstić information content (AvgIpc) is 2.35. The van der Waals surface area contributed by atoms with E-state index in [0.29, 0.717) is 24.3 Å². The van der Waals surface area contributed by atoms with Crippen molar-refractivity contribution in [3.63, 3.8) is 0 Å². The van der Waals surface area contributed by atoms with E-state index in [0.717, 1.165) is 23.0 Å². The van der Waals surface area contributed by atoms with Gasteiger partial charge in [0.25, 0.3) is 0 Å². The maximum absolute atomic E-state index is 11.4. The van der Waals surface area contributed by atoms with E-state index >= 15 is 0 Å². The summed E-state index contributed by atoms with van der Waals surface area (Å²) in [6, 6.07) is 4.01. The summed E-state index contributed by atoms with van der Waals surface area (Å²) < 4.78 is 5.76. The molecule has 0 bridgehead atoms. The molecule has 108 valence electrons. The SMILES string of the molecule is C=CCc1cc(C(C)(C)C)cc(C=O)c1OCC(=C)C.